The molecule has 1 saturated heterocycles. The fourth-order valence-corrected chi connectivity index (χ4v) is 7.41. The van der Waals surface area contributed by atoms with Crippen LogP contribution in [0.2, 0.25) is 0 Å². The molecule has 1 aromatic heterocycles. The van der Waals surface area contributed by atoms with E-state index in [2.05, 4.69) is 6.08 Å². The Morgan fingerprint density at radius 2 is 1.73 bits per heavy atom. The fourth-order valence-electron chi connectivity index (χ4n) is 7.41. The Balaban J connectivity index is 1.60. The van der Waals surface area contributed by atoms with E-state index in [9.17, 15) is 14.4 Å². The summed E-state index contributed by atoms with van der Waals surface area (Å²) in [4.78, 5) is 53.5. The lowest BCUT2D eigenvalue weighted by Crippen LogP contribution is -2.50. The van der Waals surface area contributed by atoms with Crippen LogP contribution in [0.3, 0.4) is 0 Å². The molecule has 2 fully saturated rings. The van der Waals surface area contributed by atoms with E-state index in [-0.39, 0.29) is 30.9 Å². The van der Waals surface area contributed by atoms with Crippen molar-refractivity contribution in [2.24, 2.45) is 23.2 Å². The molecule has 5 rings (SSSR count). The number of fused-ring (bicyclic) bond motifs is 5. The third-order valence-corrected chi connectivity index (χ3v) is 9.93. The van der Waals surface area contributed by atoms with Gasteiger partial charge in [0.25, 0.3) is 0 Å². The van der Waals surface area contributed by atoms with Gasteiger partial charge in [-0.2, -0.15) is 0 Å². The van der Waals surface area contributed by atoms with Crippen molar-refractivity contribution >= 4 is 35.0 Å². The lowest BCUT2D eigenvalue weighted by Gasteiger charge is -2.36. The van der Waals surface area contributed by atoms with Crippen molar-refractivity contribution < 1.29 is 33.3 Å². The monoisotopic (exact) mass is 663 g/mol. The molecule has 1 aliphatic carbocycles. The normalized spacial score (nSPS) is 28.0. The Morgan fingerprint density at radius 1 is 0.979 bits per heavy atom. The molecule has 3 aliphatic rings. The number of hydrogen-bond acceptors (Lipinski definition) is 9. The van der Waals surface area contributed by atoms with Crippen molar-refractivity contribution in [2.75, 3.05) is 13.7 Å². The number of methoxy groups -OCH3 is 1. The van der Waals surface area contributed by atoms with Crippen LogP contribution in [0, 0.1) is 23.2 Å². The van der Waals surface area contributed by atoms with E-state index >= 15 is 0 Å². The zero-order chi connectivity index (χ0) is 34.8. The molecule has 2 bridgehead atoms. The predicted octanol–water partition coefficient (Wildman–Crippen LogP) is 6.93. The zero-order valence-electron chi connectivity index (χ0n) is 29.9. The number of hydrogen-bond donors (Lipinski definition) is 0. The lowest BCUT2D eigenvalue weighted by atomic mass is 9.77. The van der Waals surface area contributed by atoms with Gasteiger partial charge in [-0.1, -0.05) is 33.8 Å². The maximum absolute atomic E-state index is 14.7. The molecular weight excluding hydrogens is 610 g/mol. The predicted molar refractivity (Wildman–Crippen MR) is 183 cm³/mol. The Labute approximate surface area is 284 Å². The summed E-state index contributed by atoms with van der Waals surface area (Å²) in [5.74, 6) is -0.953. The van der Waals surface area contributed by atoms with Gasteiger partial charge in [0.05, 0.1) is 37.0 Å². The summed E-state index contributed by atoms with van der Waals surface area (Å²) in [6, 6.07) is 4.64. The number of esters is 2. The number of aromatic nitrogens is 2. The van der Waals surface area contributed by atoms with Gasteiger partial charge in [0.2, 0.25) is 11.8 Å². The molecule has 0 spiro atoms. The number of nitrogens with zero attached hydrogens (tertiary/aromatic N) is 3. The van der Waals surface area contributed by atoms with Crippen LogP contribution in [0.1, 0.15) is 106 Å². The Hall–Kier alpha value is -3.69. The van der Waals surface area contributed by atoms with Crippen molar-refractivity contribution in [3.63, 3.8) is 0 Å². The molecule has 1 aromatic carbocycles. The summed E-state index contributed by atoms with van der Waals surface area (Å²) in [7, 11) is 1.60. The van der Waals surface area contributed by atoms with Crippen LogP contribution in [0.5, 0.6) is 11.6 Å². The summed E-state index contributed by atoms with van der Waals surface area (Å²) in [5.41, 5.74) is 0.565. The first-order chi connectivity index (χ1) is 22.7. The minimum Gasteiger partial charge on any atom is -0.497 e. The van der Waals surface area contributed by atoms with Crippen molar-refractivity contribution in [3.05, 3.63) is 30.0 Å². The molecule has 2 aliphatic heterocycles. The molecule has 10 heteroatoms. The number of allylic oxidation sites excluding steroid dienone is 1. The highest BCUT2D eigenvalue weighted by atomic mass is 16.6. The molecule has 0 radical (unpaired) electrons. The standard InChI is InChI=1S/C38H53N3O7/c1-9-25-31-22-41(33(25)36(44)48-38(5,6)7)35(43)26(37(2,3)4)21-32(42)46-30-17-13-15-23(30)14-11-10-12-16-28-34(47-31)40-29-20-24(45-8)18-19-27(29)39-28/h12,16,18-20,23,25-26,30-31,33H,9-11,13-15,17,21-22H2,1-8H3/b16-12+/t23-,25-,26-,30-,31+,33+/m1/s1. The first kappa shape index (κ1) is 35.6. The van der Waals surface area contributed by atoms with Gasteiger partial charge < -0.3 is 23.8 Å². The molecule has 0 N–H and O–H groups in total. The molecule has 262 valence electrons. The minimum atomic E-state index is -0.901. The van der Waals surface area contributed by atoms with Crippen molar-refractivity contribution in [1.29, 1.82) is 0 Å². The Kier molecular flexibility index (Phi) is 10.7. The van der Waals surface area contributed by atoms with E-state index in [0.29, 0.717) is 40.7 Å². The number of ether oxygens (including phenoxy) is 4. The van der Waals surface area contributed by atoms with Crippen LogP contribution in [-0.4, -0.2) is 70.2 Å². The molecule has 3 heterocycles. The van der Waals surface area contributed by atoms with E-state index in [4.69, 9.17) is 28.9 Å². The van der Waals surface area contributed by atoms with Crippen molar-refractivity contribution in [1.82, 2.24) is 14.9 Å². The Morgan fingerprint density at radius 3 is 2.42 bits per heavy atom. The van der Waals surface area contributed by atoms with Gasteiger partial charge in [-0.15, -0.1) is 0 Å². The molecule has 10 nitrogen and oxygen atoms in total. The zero-order valence-corrected chi connectivity index (χ0v) is 29.9. The maximum atomic E-state index is 14.7. The lowest BCUT2D eigenvalue weighted by molar-refractivity contribution is -0.167. The van der Waals surface area contributed by atoms with E-state index < -0.39 is 41.0 Å². The van der Waals surface area contributed by atoms with E-state index in [0.717, 1.165) is 38.5 Å². The van der Waals surface area contributed by atoms with E-state index in [1.165, 1.54) is 0 Å². The average molecular weight is 664 g/mol. The first-order valence-corrected chi connectivity index (χ1v) is 17.6. The van der Waals surface area contributed by atoms with Crippen LogP contribution in [0.25, 0.3) is 17.1 Å². The Bertz CT molecular complexity index is 1520. The van der Waals surface area contributed by atoms with Crippen LogP contribution in [-0.2, 0) is 23.9 Å². The maximum Gasteiger partial charge on any atom is 0.329 e. The van der Waals surface area contributed by atoms with Crippen LogP contribution < -0.4 is 9.47 Å². The average Bonchev–Trinajstić information content (AvgIpc) is 3.61. The van der Waals surface area contributed by atoms with Gasteiger partial charge in [-0.25, -0.2) is 14.8 Å². The third kappa shape index (κ3) is 8.12. The molecule has 6 atom stereocenters. The smallest absolute Gasteiger partial charge is 0.329 e. The number of amides is 1. The van der Waals surface area contributed by atoms with Gasteiger partial charge in [0.1, 0.15) is 35.3 Å². The van der Waals surface area contributed by atoms with Gasteiger partial charge >= 0.3 is 11.9 Å². The molecule has 2 aromatic rings. The van der Waals surface area contributed by atoms with Gasteiger partial charge in [0.15, 0.2) is 0 Å². The summed E-state index contributed by atoms with van der Waals surface area (Å²) in [5, 5.41) is 0. The van der Waals surface area contributed by atoms with Gasteiger partial charge in [-0.3, -0.25) is 9.59 Å². The summed E-state index contributed by atoms with van der Waals surface area (Å²) >= 11 is 0. The van der Waals surface area contributed by atoms with Crippen LogP contribution >= 0.6 is 0 Å². The van der Waals surface area contributed by atoms with E-state index in [1.54, 1.807) is 12.0 Å². The second-order valence-electron chi connectivity index (χ2n) is 15.6. The molecule has 1 amide bonds. The number of carbonyl (C=O) groups excluding carboxylic acids is 3. The quantitative estimate of drug-likeness (QED) is 0.322. The van der Waals surface area contributed by atoms with Crippen molar-refractivity contribution in [3.8, 4) is 11.6 Å². The number of rotatable bonds is 3. The summed E-state index contributed by atoms with van der Waals surface area (Å²) in [6.45, 7) is 13.4. The molecule has 0 unspecified atom stereocenters. The van der Waals surface area contributed by atoms with Gasteiger partial charge in [-0.05, 0) is 95.3 Å². The SMILES string of the molecule is CC[C@@H]1[C@@H]2CN(C(=O)[C@H](C(C)(C)C)CC(=O)O[C@@H]3CCC[C@H]3CCC/C=C/c3nc4ccc(OC)cc4nc3O2)[C@@H]1C(=O)OC(C)(C)C. The minimum absolute atomic E-state index is 0.0592. The highest BCUT2D eigenvalue weighted by Crippen LogP contribution is 2.39. The largest absolute Gasteiger partial charge is 0.497 e. The number of benzene rings is 1. The molecule has 1 saturated carbocycles. The molecule has 48 heavy (non-hydrogen) atoms. The third-order valence-electron chi connectivity index (χ3n) is 9.93. The fraction of sp³-hybridized carbons (Fsp3) is 0.658. The van der Waals surface area contributed by atoms with Crippen molar-refractivity contribution in [2.45, 2.75) is 124 Å². The summed E-state index contributed by atoms with van der Waals surface area (Å²) < 4.78 is 24.2. The van der Waals surface area contributed by atoms with E-state index in [1.807, 2.05) is 72.7 Å². The number of carbonyl (C=O) groups is 3. The second kappa shape index (κ2) is 14.4. The topological polar surface area (TPSA) is 117 Å². The summed E-state index contributed by atoms with van der Waals surface area (Å²) in [6.07, 6.45) is 9.39. The highest BCUT2D eigenvalue weighted by Gasteiger charge is 2.52. The molecular formula is C38H53N3O7. The second-order valence-corrected chi connectivity index (χ2v) is 15.6. The highest BCUT2D eigenvalue weighted by molar-refractivity contribution is 5.90. The van der Waals surface area contributed by atoms with Crippen LogP contribution in [0.4, 0.5) is 0 Å². The first-order valence-electron chi connectivity index (χ1n) is 17.6. The van der Waals surface area contributed by atoms with Crippen LogP contribution in [0.15, 0.2) is 24.3 Å². The van der Waals surface area contributed by atoms with Gasteiger partial charge in [0, 0.05) is 12.0 Å².